The Labute approximate surface area is 112 Å². The van der Waals surface area contributed by atoms with Crippen molar-refractivity contribution in [1.82, 2.24) is 24.9 Å². The Bertz CT molecular complexity index is 596. The Morgan fingerprint density at radius 2 is 2.11 bits per heavy atom. The third-order valence-electron chi connectivity index (χ3n) is 3.19. The van der Waals surface area contributed by atoms with Crippen LogP contribution in [0.5, 0.6) is 0 Å². The van der Waals surface area contributed by atoms with Crippen molar-refractivity contribution in [2.45, 2.75) is 20.3 Å². The lowest BCUT2D eigenvalue weighted by Crippen LogP contribution is -2.26. The van der Waals surface area contributed by atoms with Gasteiger partial charge in [-0.2, -0.15) is 10.2 Å². The summed E-state index contributed by atoms with van der Waals surface area (Å²) in [5.41, 5.74) is 3.44. The van der Waals surface area contributed by atoms with Gasteiger partial charge in [0.05, 0.1) is 17.5 Å². The minimum Gasteiger partial charge on any atom is -0.352 e. The van der Waals surface area contributed by atoms with Crippen LogP contribution in [-0.2, 0) is 20.5 Å². The van der Waals surface area contributed by atoms with Crippen molar-refractivity contribution in [3.8, 4) is 0 Å². The first kappa shape index (κ1) is 13.3. The molecule has 0 unspecified atom stereocenters. The lowest BCUT2D eigenvalue weighted by atomic mass is 10.2. The number of hydrogen-bond acceptors (Lipinski definition) is 3. The molecule has 0 spiro atoms. The molecule has 0 radical (unpaired) electrons. The van der Waals surface area contributed by atoms with Crippen molar-refractivity contribution in [1.29, 1.82) is 0 Å². The number of nitrogens with one attached hydrogen (secondary N) is 1. The van der Waals surface area contributed by atoms with Crippen LogP contribution in [0.25, 0.3) is 0 Å². The molecule has 0 aliphatic carbocycles. The maximum Gasteiger partial charge on any atom is 0.255 e. The van der Waals surface area contributed by atoms with E-state index in [1.54, 1.807) is 9.36 Å². The first-order valence-electron chi connectivity index (χ1n) is 6.25. The van der Waals surface area contributed by atoms with Crippen LogP contribution < -0.4 is 5.32 Å². The van der Waals surface area contributed by atoms with Gasteiger partial charge in [-0.05, 0) is 25.8 Å². The minimum atomic E-state index is -0.0630. The second-order valence-electron chi connectivity index (χ2n) is 4.70. The molecule has 0 aromatic carbocycles. The SMILES string of the molecule is Cc1nn(C)c(C)c1C(=O)NCCc1cnn(C)c1. The standard InChI is InChI=1S/C13H19N5O/c1-9-12(10(2)18(4)16-9)13(19)14-6-5-11-7-15-17(3)8-11/h7-8H,5-6H2,1-4H3,(H,14,19). The van der Waals surface area contributed by atoms with Crippen LogP contribution >= 0.6 is 0 Å². The van der Waals surface area contributed by atoms with E-state index in [0.717, 1.165) is 23.4 Å². The lowest BCUT2D eigenvalue weighted by Gasteiger charge is -2.04. The maximum atomic E-state index is 12.1. The topological polar surface area (TPSA) is 64.7 Å². The second kappa shape index (κ2) is 5.26. The number of aryl methyl sites for hydroxylation is 3. The zero-order chi connectivity index (χ0) is 14.0. The Hall–Kier alpha value is -2.11. The summed E-state index contributed by atoms with van der Waals surface area (Å²) in [5, 5.41) is 11.3. The zero-order valence-electron chi connectivity index (χ0n) is 11.8. The molecule has 2 rings (SSSR count). The van der Waals surface area contributed by atoms with E-state index in [-0.39, 0.29) is 5.91 Å². The fourth-order valence-electron chi connectivity index (χ4n) is 2.11. The van der Waals surface area contributed by atoms with Gasteiger partial charge in [-0.15, -0.1) is 0 Å². The van der Waals surface area contributed by atoms with Gasteiger partial charge in [0, 0.05) is 32.5 Å². The summed E-state index contributed by atoms with van der Waals surface area (Å²) < 4.78 is 3.48. The normalized spacial score (nSPS) is 10.7. The third kappa shape index (κ3) is 2.83. The molecule has 1 N–H and O–H groups in total. The second-order valence-corrected chi connectivity index (χ2v) is 4.70. The largest absolute Gasteiger partial charge is 0.352 e. The third-order valence-corrected chi connectivity index (χ3v) is 3.19. The first-order chi connectivity index (χ1) is 8.99. The van der Waals surface area contributed by atoms with Crippen molar-refractivity contribution in [2.24, 2.45) is 14.1 Å². The van der Waals surface area contributed by atoms with Crippen LogP contribution in [-0.4, -0.2) is 32.0 Å². The molecule has 6 heteroatoms. The highest BCUT2D eigenvalue weighted by Crippen LogP contribution is 2.11. The van der Waals surface area contributed by atoms with E-state index in [4.69, 9.17) is 0 Å². The van der Waals surface area contributed by atoms with E-state index in [1.807, 2.05) is 40.3 Å². The van der Waals surface area contributed by atoms with Crippen molar-refractivity contribution in [3.63, 3.8) is 0 Å². The summed E-state index contributed by atoms with van der Waals surface area (Å²) in [4.78, 5) is 12.1. The van der Waals surface area contributed by atoms with E-state index in [0.29, 0.717) is 12.1 Å². The Balaban J connectivity index is 1.94. The molecule has 2 aromatic heterocycles. The van der Waals surface area contributed by atoms with E-state index >= 15 is 0 Å². The van der Waals surface area contributed by atoms with E-state index in [9.17, 15) is 4.79 Å². The smallest absolute Gasteiger partial charge is 0.255 e. The van der Waals surface area contributed by atoms with E-state index < -0.39 is 0 Å². The average molecular weight is 261 g/mol. The molecule has 0 fully saturated rings. The number of rotatable bonds is 4. The van der Waals surface area contributed by atoms with Crippen LogP contribution in [0.3, 0.4) is 0 Å². The number of nitrogens with zero attached hydrogens (tertiary/aromatic N) is 4. The fourth-order valence-corrected chi connectivity index (χ4v) is 2.11. The number of carbonyl (C=O) groups is 1. The highest BCUT2D eigenvalue weighted by molar-refractivity contribution is 5.96. The molecule has 2 heterocycles. The molecule has 1 amide bonds. The molecule has 0 saturated heterocycles. The monoisotopic (exact) mass is 261 g/mol. The number of carbonyl (C=O) groups excluding carboxylic acids is 1. The highest BCUT2D eigenvalue weighted by atomic mass is 16.1. The summed E-state index contributed by atoms with van der Waals surface area (Å²) in [6, 6.07) is 0. The molecule has 102 valence electrons. The van der Waals surface area contributed by atoms with Crippen molar-refractivity contribution in [2.75, 3.05) is 6.54 Å². The molecule has 0 bridgehead atoms. The van der Waals surface area contributed by atoms with Crippen LogP contribution in [0.2, 0.25) is 0 Å². The molecular formula is C13H19N5O. The van der Waals surface area contributed by atoms with Crippen molar-refractivity contribution in [3.05, 3.63) is 34.9 Å². The summed E-state index contributed by atoms with van der Waals surface area (Å²) in [6.45, 7) is 4.34. The number of amides is 1. The minimum absolute atomic E-state index is 0.0630. The average Bonchev–Trinajstić information content (AvgIpc) is 2.84. The van der Waals surface area contributed by atoms with Crippen molar-refractivity contribution < 1.29 is 4.79 Å². The van der Waals surface area contributed by atoms with Crippen LogP contribution in [0, 0.1) is 13.8 Å². The lowest BCUT2D eigenvalue weighted by molar-refractivity contribution is 0.0953. The zero-order valence-corrected chi connectivity index (χ0v) is 11.8. The molecule has 0 aliphatic rings. The van der Waals surface area contributed by atoms with Crippen LogP contribution in [0.15, 0.2) is 12.4 Å². The van der Waals surface area contributed by atoms with Crippen molar-refractivity contribution >= 4 is 5.91 Å². The number of aromatic nitrogens is 4. The summed E-state index contributed by atoms with van der Waals surface area (Å²) in [6.07, 6.45) is 4.54. The molecule has 6 nitrogen and oxygen atoms in total. The predicted molar refractivity (Wildman–Crippen MR) is 71.9 cm³/mol. The quantitative estimate of drug-likeness (QED) is 0.883. The van der Waals surface area contributed by atoms with Crippen LogP contribution in [0.1, 0.15) is 27.3 Å². The Kier molecular flexibility index (Phi) is 3.69. The first-order valence-corrected chi connectivity index (χ1v) is 6.25. The van der Waals surface area contributed by atoms with E-state index in [2.05, 4.69) is 15.5 Å². The van der Waals surface area contributed by atoms with E-state index in [1.165, 1.54) is 0 Å². The summed E-state index contributed by atoms with van der Waals surface area (Å²) in [5.74, 6) is -0.0630. The Morgan fingerprint density at radius 1 is 1.37 bits per heavy atom. The van der Waals surface area contributed by atoms with Gasteiger partial charge in [-0.1, -0.05) is 0 Å². The molecule has 0 aliphatic heterocycles. The van der Waals surface area contributed by atoms with Gasteiger partial charge in [0.1, 0.15) is 0 Å². The van der Waals surface area contributed by atoms with Crippen LogP contribution in [0.4, 0.5) is 0 Å². The maximum absolute atomic E-state index is 12.1. The van der Waals surface area contributed by atoms with Gasteiger partial charge < -0.3 is 5.32 Å². The summed E-state index contributed by atoms with van der Waals surface area (Å²) in [7, 11) is 3.72. The van der Waals surface area contributed by atoms with Gasteiger partial charge in [-0.25, -0.2) is 0 Å². The van der Waals surface area contributed by atoms with Gasteiger partial charge in [0.15, 0.2) is 0 Å². The summed E-state index contributed by atoms with van der Waals surface area (Å²) >= 11 is 0. The van der Waals surface area contributed by atoms with Gasteiger partial charge in [0.2, 0.25) is 0 Å². The van der Waals surface area contributed by atoms with Gasteiger partial charge in [0.25, 0.3) is 5.91 Å². The fraction of sp³-hybridized carbons (Fsp3) is 0.462. The predicted octanol–water partition coefficient (Wildman–Crippen LogP) is 0.743. The number of hydrogen-bond donors (Lipinski definition) is 1. The molecule has 0 saturated carbocycles. The molecule has 0 atom stereocenters. The molecule has 19 heavy (non-hydrogen) atoms. The van der Waals surface area contributed by atoms with Gasteiger partial charge in [-0.3, -0.25) is 14.2 Å². The molecule has 2 aromatic rings. The Morgan fingerprint density at radius 3 is 2.63 bits per heavy atom. The molecular weight excluding hydrogens is 242 g/mol. The highest BCUT2D eigenvalue weighted by Gasteiger charge is 2.16. The van der Waals surface area contributed by atoms with Gasteiger partial charge >= 0.3 is 0 Å².